The number of hydrogen-bond acceptors (Lipinski definition) is 4. The number of nitrogens with two attached hydrogens (primary N) is 1. The fourth-order valence-corrected chi connectivity index (χ4v) is 2.67. The molecule has 3 amide bonds. The van der Waals surface area contributed by atoms with Crippen LogP contribution in [0.3, 0.4) is 0 Å². The second-order valence-electron chi connectivity index (χ2n) is 5.55. The van der Waals surface area contributed by atoms with Crippen molar-refractivity contribution in [2.75, 3.05) is 6.54 Å². The number of primary amides is 1. The number of amides is 3. The highest BCUT2D eigenvalue weighted by molar-refractivity contribution is 5.94. The van der Waals surface area contributed by atoms with E-state index in [0.717, 1.165) is 5.56 Å². The monoisotopic (exact) mass is 314 g/mol. The van der Waals surface area contributed by atoms with Crippen molar-refractivity contribution in [1.82, 2.24) is 15.4 Å². The molecule has 0 saturated heterocycles. The Morgan fingerprint density at radius 3 is 2.78 bits per heavy atom. The Balaban J connectivity index is 1.76. The predicted octanol–water partition coefficient (Wildman–Crippen LogP) is 1.60. The third-order valence-corrected chi connectivity index (χ3v) is 4.00. The minimum absolute atomic E-state index is 0.160. The molecule has 0 aliphatic carbocycles. The lowest BCUT2D eigenvalue weighted by atomic mass is 10.0. The van der Waals surface area contributed by atoms with E-state index in [2.05, 4.69) is 10.5 Å². The Morgan fingerprint density at radius 1 is 1.35 bits per heavy atom. The number of nitrogens with zero attached hydrogens (tertiary/aromatic N) is 2. The van der Waals surface area contributed by atoms with Gasteiger partial charge in [-0.25, -0.2) is 4.79 Å². The van der Waals surface area contributed by atoms with E-state index in [-0.39, 0.29) is 24.2 Å². The van der Waals surface area contributed by atoms with E-state index >= 15 is 0 Å². The van der Waals surface area contributed by atoms with Gasteiger partial charge >= 0.3 is 6.03 Å². The van der Waals surface area contributed by atoms with Crippen LogP contribution in [0.1, 0.15) is 40.3 Å². The van der Waals surface area contributed by atoms with Gasteiger partial charge in [0, 0.05) is 18.5 Å². The molecule has 3 rings (SSSR count). The molecular weight excluding hydrogens is 296 g/mol. The van der Waals surface area contributed by atoms with Crippen molar-refractivity contribution in [3.8, 4) is 0 Å². The third kappa shape index (κ3) is 3.03. The normalized spacial score (nSPS) is 14.9. The Hall–Kier alpha value is -2.83. The summed E-state index contributed by atoms with van der Waals surface area (Å²) in [7, 11) is 0. The molecule has 0 saturated carbocycles. The van der Waals surface area contributed by atoms with E-state index in [4.69, 9.17) is 10.3 Å². The Morgan fingerprint density at radius 2 is 2.09 bits per heavy atom. The van der Waals surface area contributed by atoms with Crippen molar-refractivity contribution in [3.63, 3.8) is 0 Å². The van der Waals surface area contributed by atoms with E-state index in [1.54, 1.807) is 0 Å². The molecule has 1 aliphatic heterocycles. The van der Waals surface area contributed by atoms with Crippen LogP contribution in [0.15, 0.2) is 34.9 Å². The minimum Gasteiger partial charge on any atom is -0.360 e. The highest BCUT2D eigenvalue weighted by Gasteiger charge is 2.29. The molecule has 120 valence electrons. The zero-order valence-electron chi connectivity index (χ0n) is 12.8. The first-order valence-corrected chi connectivity index (χ1v) is 7.44. The summed E-state index contributed by atoms with van der Waals surface area (Å²) in [5, 5.41) is 6.77. The van der Waals surface area contributed by atoms with Crippen LogP contribution in [0.25, 0.3) is 0 Å². The molecule has 7 heteroatoms. The predicted molar refractivity (Wildman–Crippen MR) is 82.5 cm³/mol. The van der Waals surface area contributed by atoms with E-state index in [0.29, 0.717) is 24.3 Å². The lowest BCUT2D eigenvalue weighted by Crippen LogP contribution is -2.40. The minimum atomic E-state index is -0.513. The number of aromatic nitrogens is 1. The van der Waals surface area contributed by atoms with Gasteiger partial charge in [-0.1, -0.05) is 35.5 Å². The summed E-state index contributed by atoms with van der Waals surface area (Å²) >= 11 is 0. The van der Waals surface area contributed by atoms with E-state index in [1.165, 1.54) is 4.90 Å². The van der Waals surface area contributed by atoms with Crippen LogP contribution in [0.2, 0.25) is 0 Å². The molecule has 3 N–H and O–H groups in total. The van der Waals surface area contributed by atoms with Crippen LogP contribution in [0.4, 0.5) is 4.79 Å². The molecule has 0 fully saturated rings. The number of urea groups is 1. The Labute approximate surface area is 133 Å². The fraction of sp³-hybridized carbons (Fsp3) is 0.312. The number of nitrogens with one attached hydrogen (secondary N) is 1. The number of carbonyl (C=O) groups excluding carboxylic acids is 2. The van der Waals surface area contributed by atoms with E-state index in [9.17, 15) is 9.59 Å². The number of fused-ring (bicyclic) bond motifs is 1. The lowest BCUT2D eigenvalue weighted by molar-refractivity contribution is 0.0929. The van der Waals surface area contributed by atoms with E-state index in [1.807, 2.05) is 37.3 Å². The van der Waals surface area contributed by atoms with Gasteiger partial charge in [-0.2, -0.15) is 0 Å². The van der Waals surface area contributed by atoms with Gasteiger partial charge in [0.1, 0.15) is 5.76 Å². The quantitative estimate of drug-likeness (QED) is 0.898. The number of benzene rings is 1. The molecule has 1 aromatic carbocycles. The van der Waals surface area contributed by atoms with Crippen molar-refractivity contribution in [2.45, 2.75) is 25.9 Å². The molecule has 1 atom stereocenters. The zero-order chi connectivity index (χ0) is 16.4. The first-order chi connectivity index (χ1) is 11.1. The van der Waals surface area contributed by atoms with Crippen molar-refractivity contribution < 1.29 is 14.1 Å². The molecule has 0 spiro atoms. The highest BCUT2D eigenvalue weighted by Crippen LogP contribution is 2.23. The molecule has 7 nitrogen and oxygen atoms in total. The largest absolute Gasteiger partial charge is 0.360 e. The summed E-state index contributed by atoms with van der Waals surface area (Å²) in [5.74, 6) is 0.317. The standard InChI is InChI=1S/C16H18N4O3/c1-10(11-5-3-2-4-6-11)18-15(21)14-12-9-20(16(17)22)8-7-13(12)23-19-14/h2-6,10H,7-9H2,1H3,(H2,17,22)(H,18,21). The lowest BCUT2D eigenvalue weighted by Gasteiger charge is -2.24. The van der Waals surface area contributed by atoms with Crippen LogP contribution in [0, 0.1) is 0 Å². The summed E-state index contributed by atoms with van der Waals surface area (Å²) in [6.45, 7) is 2.62. The number of carbonyl (C=O) groups is 2. The molecule has 1 aliphatic rings. The average Bonchev–Trinajstić information content (AvgIpc) is 2.98. The third-order valence-electron chi connectivity index (χ3n) is 4.00. The number of rotatable bonds is 3. The molecular formula is C16H18N4O3. The van der Waals surface area contributed by atoms with Crippen molar-refractivity contribution in [3.05, 3.63) is 52.9 Å². The summed E-state index contributed by atoms with van der Waals surface area (Å²) in [5.41, 5.74) is 7.16. The Bertz CT molecular complexity index is 726. The van der Waals surface area contributed by atoms with Crippen molar-refractivity contribution >= 4 is 11.9 Å². The molecule has 23 heavy (non-hydrogen) atoms. The SMILES string of the molecule is CC(NC(=O)c1noc2c1CN(C(N)=O)CC2)c1ccccc1. The van der Waals surface area contributed by atoms with Gasteiger partial charge in [0.25, 0.3) is 5.91 Å². The first-order valence-electron chi connectivity index (χ1n) is 7.44. The van der Waals surface area contributed by atoms with E-state index < -0.39 is 6.03 Å². The molecule has 2 heterocycles. The first kappa shape index (κ1) is 15.1. The highest BCUT2D eigenvalue weighted by atomic mass is 16.5. The second kappa shape index (κ2) is 6.12. The maximum absolute atomic E-state index is 12.5. The summed E-state index contributed by atoms with van der Waals surface area (Å²) in [4.78, 5) is 25.3. The molecule has 1 unspecified atom stereocenters. The van der Waals surface area contributed by atoms with Gasteiger partial charge in [0.2, 0.25) is 0 Å². The van der Waals surface area contributed by atoms with Crippen LogP contribution in [-0.4, -0.2) is 28.5 Å². The smallest absolute Gasteiger partial charge is 0.315 e. The van der Waals surface area contributed by atoms with Crippen LogP contribution >= 0.6 is 0 Å². The summed E-state index contributed by atoms with van der Waals surface area (Å²) in [6, 6.07) is 8.97. The van der Waals surface area contributed by atoms with Gasteiger partial charge < -0.3 is 20.5 Å². The van der Waals surface area contributed by atoms with Gasteiger partial charge in [-0.15, -0.1) is 0 Å². The molecule has 1 aromatic heterocycles. The average molecular weight is 314 g/mol. The maximum Gasteiger partial charge on any atom is 0.315 e. The van der Waals surface area contributed by atoms with Crippen LogP contribution in [0.5, 0.6) is 0 Å². The summed E-state index contributed by atoms with van der Waals surface area (Å²) in [6.07, 6.45) is 0.507. The van der Waals surface area contributed by atoms with Crippen molar-refractivity contribution in [2.24, 2.45) is 5.73 Å². The Kier molecular flexibility index (Phi) is 4.01. The van der Waals surface area contributed by atoms with Gasteiger partial charge in [0.15, 0.2) is 5.69 Å². The maximum atomic E-state index is 12.5. The van der Waals surface area contributed by atoms with Crippen LogP contribution < -0.4 is 11.1 Å². The molecule has 0 radical (unpaired) electrons. The van der Waals surface area contributed by atoms with Crippen molar-refractivity contribution in [1.29, 1.82) is 0 Å². The topological polar surface area (TPSA) is 101 Å². The van der Waals surface area contributed by atoms with Gasteiger partial charge in [-0.05, 0) is 12.5 Å². The fourth-order valence-electron chi connectivity index (χ4n) is 2.67. The summed E-state index contributed by atoms with van der Waals surface area (Å²) < 4.78 is 5.23. The number of hydrogen-bond donors (Lipinski definition) is 2. The van der Waals surface area contributed by atoms with Gasteiger partial charge in [0.05, 0.1) is 12.6 Å². The second-order valence-corrected chi connectivity index (χ2v) is 5.55. The van der Waals surface area contributed by atoms with Crippen LogP contribution in [-0.2, 0) is 13.0 Å². The molecule has 2 aromatic rings. The molecule has 0 bridgehead atoms. The zero-order valence-corrected chi connectivity index (χ0v) is 12.8. The van der Waals surface area contributed by atoms with Gasteiger partial charge in [-0.3, -0.25) is 4.79 Å².